The van der Waals surface area contributed by atoms with Gasteiger partial charge in [0.2, 0.25) is 0 Å². The topological polar surface area (TPSA) is 26.0 Å². The van der Waals surface area contributed by atoms with E-state index in [0.717, 1.165) is 11.3 Å². The number of nitrogens with two attached hydrogens (primary N) is 1. The highest BCUT2D eigenvalue weighted by atomic mass is 14.6. The number of benzene rings is 3. The first-order chi connectivity index (χ1) is 10.6. The number of para-hydroxylation sites is 1. The zero-order valence-corrected chi connectivity index (χ0v) is 12.9. The number of rotatable bonds is 1. The zero-order chi connectivity index (χ0) is 15.3. The summed E-state index contributed by atoms with van der Waals surface area (Å²) in [7, 11) is 0. The van der Waals surface area contributed by atoms with Crippen LogP contribution in [0.3, 0.4) is 0 Å². The Balaban J connectivity index is 1.95. The van der Waals surface area contributed by atoms with Crippen molar-refractivity contribution in [1.29, 1.82) is 0 Å². The lowest BCUT2D eigenvalue weighted by molar-refractivity contribution is 0.660. The lowest BCUT2D eigenvalue weighted by Crippen LogP contribution is -2.14. The minimum atomic E-state index is 0.0332. The average Bonchev–Trinajstić information content (AvgIpc) is 2.76. The van der Waals surface area contributed by atoms with Crippen LogP contribution >= 0.6 is 0 Å². The van der Waals surface area contributed by atoms with Crippen molar-refractivity contribution in [1.82, 2.24) is 0 Å². The van der Waals surface area contributed by atoms with E-state index in [1.807, 2.05) is 18.2 Å². The molecule has 0 aromatic heterocycles. The van der Waals surface area contributed by atoms with Crippen LogP contribution in [0.4, 0.5) is 5.69 Å². The summed E-state index contributed by atoms with van der Waals surface area (Å²) in [6, 6.07) is 23.5. The Morgan fingerprint density at radius 1 is 0.682 bits per heavy atom. The fourth-order valence-corrected chi connectivity index (χ4v) is 3.63. The van der Waals surface area contributed by atoms with E-state index in [-0.39, 0.29) is 5.41 Å². The Kier molecular flexibility index (Phi) is 2.67. The summed E-state index contributed by atoms with van der Waals surface area (Å²) < 4.78 is 0. The van der Waals surface area contributed by atoms with Gasteiger partial charge in [-0.15, -0.1) is 0 Å². The third-order valence-electron chi connectivity index (χ3n) is 4.86. The Morgan fingerprint density at radius 2 is 1.32 bits per heavy atom. The third-order valence-corrected chi connectivity index (χ3v) is 4.86. The Bertz CT molecular complexity index is 875. The molecule has 0 atom stereocenters. The van der Waals surface area contributed by atoms with Gasteiger partial charge in [0, 0.05) is 16.7 Å². The molecule has 0 amide bonds. The smallest absolute Gasteiger partial charge is 0.0393 e. The normalized spacial score (nSPS) is 14.5. The van der Waals surface area contributed by atoms with Crippen molar-refractivity contribution in [3.63, 3.8) is 0 Å². The van der Waals surface area contributed by atoms with Crippen molar-refractivity contribution in [2.45, 2.75) is 19.3 Å². The highest BCUT2D eigenvalue weighted by Crippen LogP contribution is 2.49. The average molecular weight is 285 g/mol. The highest BCUT2D eigenvalue weighted by Gasteiger charge is 2.35. The van der Waals surface area contributed by atoms with Crippen molar-refractivity contribution in [3.8, 4) is 22.3 Å². The van der Waals surface area contributed by atoms with Crippen molar-refractivity contribution in [3.05, 3.63) is 77.9 Å². The van der Waals surface area contributed by atoms with Crippen molar-refractivity contribution >= 4 is 5.69 Å². The summed E-state index contributed by atoms with van der Waals surface area (Å²) in [4.78, 5) is 0. The molecule has 0 heterocycles. The van der Waals surface area contributed by atoms with Crippen LogP contribution in [0, 0.1) is 0 Å². The fraction of sp³-hybridized carbons (Fsp3) is 0.143. The summed E-state index contributed by atoms with van der Waals surface area (Å²) >= 11 is 0. The van der Waals surface area contributed by atoms with Gasteiger partial charge in [0.25, 0.3) is 0 Å². The minimum Gasteiger partial charge on any atom is -0.398 e. The largest absolute Gasteiger partial charge is 0.398 e. The summed E-state index contributed by atoms with van der Waals surface area (Å²) in [5, 5.41) is 0. The quantitative estimate of drug-likeness (QED) is 0.608. The monoisotopic (exact) mass is 285 g/mol. The van der Waals surface area contributed by atoms with E-state index in [9.17, 15) is 0 Å². The van der Waals surface area contributed by atoms with Crippen molar-refractivity contribution in [2.75, 3.05) is 5.73 Å². The molecule has 1 aliphatic carbocycles. The molecular formula is C21H19N. The molecule has 0 spiro atoms. The molecule has 2 N–H and O–H groups in total. The van der Waals surface area contributed by atoms with Crippen LogP contribution < -0.4 is 5.73 Å². The molecule has 0 aliphatic heterocycles. The van der Waals surface area contributed by atoms with Gasteiger partial charge < -0.3 is 5.73 Å². The van der Waals surface area contributed by atoms with Crippen LogP contribution in [0.15, 0.2) is 66.7 Å². The zero-order valence-electron chi connectivity index (χ0n) is 12.9. The van der Waals surface area contributed by atoms with Crippen LogP contribution in [0.25, 0.3) is 22.3 Å². The Hall–Kier alpha value is -2.54. The molecule has 0 saturated heterocycles. The van der Waals surface area contributed by atoms with Gasteiger partial charge in [-0.3, -0.25) is 0 Å². The van der Waals surface area contributed by atoms with E-state index in [0.29, 0.717) is 0 Å². The predicted molar refractivity (Wildman–Crippen MR) is 93.9 cm³/mol. The van der Waals surface area contributed by atoms with Gasteiger partial charge in [0.05, 0.1) is 0 Å². The van der Waals surface area contributed by atoms with E-state index < -0.39 is 0 Å². The summed E-state index contributed by atoms with van der Waals surface area (Å²) in [6.07, 6.45) is 0. The molecule has 3 aromatic carbocycles. The van der Waals surface area contributed by atoms with E-state index >= 15 is 0 Å². The van der Waals surface area contributed by atoms with Crippen LogP contribution in [0.5, 0.6) is 0 Å². The SMILES string of the molecule is CC1(C)c2ccccc2-c2ccc(-c3ccccc3N)cc21. The van der Waals surface area contributed by atoms with Gasteiger partial charge in [0.1, 0.15) is 0 Å². The first kappa shape index (κ1) is 13.1. The molecule has 0 fully saturated rings. The number of hydrogen-bond acceptors (Lipinski definition) is 1. The van der Waals surface area contributed by atoms with Gasteiger partial charge in [-0.25, -0.2) is 0 Å². The summed E-state index contributed by atoms with van der Waals surface area (Å²) in [6.45, 7) is 4.60. The number of anilines is 1. The lowest BCUT2D eigenvalue weighted by Gasteiger charge is -2.22. The van der Waals surface area contributed by atoms with Crippen LogP contribution in [-0.2, 0) is 5.41 Å². The van der Waals surface area contributed by atoms with Crippen molar-refractivity contribution < 1.29 is 0 Å². The molecule has 1 heteroatoms. The molecule has 1 nitrogen and oxygen atoms in total. The second-order valence-corrected chi connectivity index (χ2v) is 6.52. The maximum atomic E-state index is 6.15. The second-order valence-electron chi connectivity index (χ2n) is 6.52. The van der Waals surface area contributed by atoms with E-state index in [4.69, 9.17) is 5.73 Å². The highest BCUT2D eigenvalue weighted by molar-refractivity contribution is 5.85. The molecule has 0 saturated carbocycles. The molecule has 22 heavy (non-hydrogen) atoms. The van der Waals surface area contributed by atoms with Crippen LogP contribution in [0.1, 0.15) is 25.0 Å². The summed E-state index contributed by atoms with van der Waals surface area (Å²) in [5.41, 5.74) is 14.8. The first-order valence-electron chi connectivity index (χ1n) is 7.68. The third kappa shape index (κ3) is 1.72. The predicted octanol–water partition coefficient (Wildman–Crippen LogP) is 5.24. The number of hydrogen-bond donors (Lipinski definition) is 1. The molecule has 1 aliphatic rings. The molecular weight excluding hydrogens is 266 g/mol. The Morgan fingerprint density at radius 3 is 2.09 bits per heavy atom. The van der Waals surface area contributed by atoms with E-state index in [1.54, 1.807) is 0 Å². The summed E-state index contributed by atoms with van der Waals surface area (Å²) in [5.74, 6) is 0. The minimum absolute atomic E-state index is 0.0332. The fourth-order valence-electron chi connectivity index (χ4n) is 3.63. The molecule has 4 rings (SSSR count). The van der Waals surface area contributed by atoms with E-state index in [1.165, 1.54) is 27.8 Å². The Labute approximate surface area is 131 Å². The molecule has 3 aromatic rings. The van der Waals surface area contributed by atoms with Crippen LogP contribution in [-0.4, -0.2) is 0 Å². The molecule has 0 radical (unpaired) electrons. The van der Waals surface area contributed by atoms with Gasteiger partial charge in [0.15, 0.2) is 0 Å². The number of fused-ring (bicyclic) bond motifs is 3. The molecule has 0 bridgehead atoms. The first-order valence-corrected chi connectivity index (χ1v) is 7.68. The maximum absolute atomic E-state index is 6.15. The maximum Gasteiger partial charge on any atom is 0.0393 e. The molecule has 108 valence electrons. The lowest BCUT2D eigenvalue weighted by atomic mass is 9.81. The van der Waals surface area contributed by atoms with E-state index in [2.05, 4.69) is 62.4 Å². The van der Waals surface area contributed by atoms with Gasteiger partial charge in [-0.2, -0.15) is 0 Å². The van der Waals surface area contributed by atoms with Crippen LogP contribution in [0.2, 0.25) is 0 Å². The standard InChI is InChI=1S/C21H19N/c1-21(2)18-9-5-3-8-16(18)17-12-11-14(13-19(17)21)15-7-4-6-10-20(15)22/h3-13H,22H2,1-2H3. The van der Waals surface area contributed by atoms with Crippen molar-refractivity contribution in [2.24, 2.45) is 0 Å². The second kappa shape index (κ2) is 4.48. The van der Waals surface area contributed by atoms with Gasteiger partial charge in [-0.05, 0) is 39.9 Å². The van der Waals surface area contributed by atoms with Gasteiger partial charge >= 0.3 is 0 Å². The number of nitrogen functional groups attached to an aromatic ring is 1. The van der Waals surface area contributed by atoms with Gasteiger partial charge in [-0.1, -0.05) is 68.4 Å². The molecule has 0 unspecified atom stereocenters.